The second kappa shape index (κ2) is 9.66. The van der Waals surface area contributed by atoms with Gasteiger partial charge in [-0.25, -0.2) is 0 Å². The third-order valence-corrected chi connectivity index (χ3v) is 4.28. The minimum Gasteiger partial charge on any atom is -0.496 e. The van der Waals surface area contributed by atoms with E-state index >= 15 is 0 Å². The molecule has 28 heavy (non-hydrogen) atoms. The molecular formula is C21H23N5OS. The molecule has 0 spiro atoms. The number of thiocarbonyl (C=S) groups is 1. The van der Waals surface area contributed by atoms with Gasteiger partial charge in [0.2, 0.25) is 0 Å². The lowest BCUT2D eigenvalue weighted by atomic mass is 10.1. The number of nitrogens with one attached hydrogen (secondary N) is 2. The van der Waals surface area contributed by atoms with Gasteiger partial charge in [0.05, 0.1) is 19.9 Å². The van der Waals surface area contributed by atoms with Crippen molar-refractivity contribution in [3.63, 3.8) is 0 Å². The quantitative estimate of drug-likeness (QED) is 0.366. The first-order chi connectivity index (χ1) is 13.7. The predicted molar refractivity (Wildman–Crippen MR) is 117 cm³/mol. The molecule has 6 nitrogen and oxygen atoms in total. The summed E-state index contributed by atoms with van der Waals surface area (Å²) in [7, 11) is 1.66. The van der Waals surface area contributed by atoms with Gasteiger partial charge in [-0.3, -0.25) is 10.1 Å². The third-order valence-electron chi connectivity index (χ3n) is 4.05. The first-order valence-corrected chi connectivity index (χ1v) is 9.43. The highest BCUT2D eigenvalue weighted by Crippen LogP contribution is 2.30. The zero-order valence-electron chi connectivity index (χ0n) is 15.9. The van der Waals surface area contributed by atoms with Gasteiger partial charge in [0.25, 0.3) is 0 Å². The van der Waals surface area contributed by atoms with Gasteiger partial charge in [-0.1, -0.05) is 42.5 Å². The normalized spacial score (nSPS) is 10.8. The summed E-state index contributed by atoms with van der Waals surface area (Å²) in [5.74, 6) is 0.762. The number of hydrogen-bond acceptors (Lipinski definition) is 4. The number of benzene rings is 2. The third kappa shape index (κ3) is 4.95. The number of hydrogen-bond donors (Lipinski definition) is 2. The van der Waals surface area contributed by atoms with Gasteiger partial charge in [-0.15, -0.1) is 0 Å². The summed E-state index contributed by atoms with van der Waals surface area (Å²) in [6.07, 6.45) is 3.69. The van der Waals surface area contributed by atoms with Crippen LogP contribution in [0.5, 0.6) is 5.75 Å². The van der Waals surface area contributed by atoms with Crippen LogP contribution in [-0.4, -0.2) is 34.8 Å². The van der Waals surface area contributed by atoms with Crippen molar-refractivity contribution in [1.29, 1.82) is 0 Å². The van der Waals surface area contributed by atoms with Gasteiger partial charge in [0.1, 0.15) is 11.4 Å². The molecule has 0 radical (unpaired) electrons. The highest BCUT2D eigenvalue weighted by molar-refractivity contribution is 7.80. The first-order valence-electron chi connectivity index (χ1n) is 9.03. The van der Waals surface area contributed by atoms with Crippen LogP contribution < -0.4 is 15.5 Å². The summed E-state index contributed by atoms with van der Waals surface area (Å²) < 4.78 is 7.42. The fourth-order valence-electron chi connectivity index (χ4n) is 2.79. The zero-order chi connectivity index (χ0) is 19.8. The van der Waals surface area contributed by atoms with E-state index in [9.17, 15) is 0 Å². The van der Waals surface area contributed by atoms with E-state index in [1.54, 1.807) is 13.3 Å². The molecule has 1 aromatic heterocycles. The Kier molecular flexibility index (Phi) is 6.75. The molecular weight excluding hydrogens is 370 g/mol. The molecule has 144 valence electrons. The predicted octanol–water partition coefficient (Wildman–Crippen LogP) is 3.42. The van der Waals surface area contributed by atoms with Gasteiger partial charge in [0, 0.05) is 23.9 Å². The van der Waals surface area contributed by atoms with Gasteiger partial charge < -0.3 is 10.1 Å². The van der Waals surface area contributed by atoms with Crippen molar-refractivity contribution in [2.75, 3.05) is 13.7 Å². The average molecular weight is 394 g/mol. The zero-order valence-corrected chi connectivity index (χ0v) is 16.7. The van der Waals surface area contributed by atoms with Gasteiger partial charge >= 0.3 is 0 Å². The standard InChI is InChI=1S/C21H23N5OS/c1-3-22-21(28)24-23-13-17-15-26(14-16-9-5-4-6-10-16)25-20(17)18-11-7-8-12-19(18)27-2/h4-13,15H,3,14H2,1-2H3,(H2,22,24,28)/b23-13-. The highest BCUT2D eigenvalue weighted by atomic mass is 32.1. The molecule has 0 saturated carbocycles. The van der Waals surface area contributed by atoms with Gasteiger partial charge in [-0.2, -0.15) is 10.2 Å². The maximum absolute atomic E-state index is 5.52. The van der Waals surface area contributed by atoms with Crippen LogP contribution in [0.3, 0.4) is 0 Å². The lowest BCUT2D eigenvalue weighted by Gasteiger charge is -2.07. The van der Waals surface area contributed by atoms with Crippen LogP contribution in [0.1, 0.15) is 18.1 Å². The van der Waals surface area contributed by atoms with Crippen LogP contribution in [0.4, 0.5) is 0 Å². The molecule has 0 fully saturated rings. The van der Waals surface area contributed by atoms with Crippen molar-refractivity contribution in [2.45, 2.75) is 13.5 Å². The summed E-state index contributed by atoms with van der Waals surface area (Å²) in [6.45, 7) is 3.38. The second-order valence-corrected chi connectivity index (χ2v) is 6.45. The van der Waals surface area contributed by atoms with Crippen molar-refractivity contribution in [3.8, 4) is 17.0 Å². The van der Waals surface area contributed by atoms with Crippen LogP contribution in [0.2, 0.25) is 0 Å². The summed E-state index contributed by atoms with van der Waals surface area (Å²) in [5.41, 5.74) is 6.57. The molecule has 0 aliphatic heterocycles. The SMILES string of the molecule is CCNC(=S)N/N=C\c1cn(Cc2ccccc2)nc1-c1ccccc1OC. The monoisotopic (exact) mass is 393 g/mol. The van der Waals surface area contributed by atoms with Gasteiger partial charge in [-0.05, 0) is 36.8 Å². The summed E-state index contributed by atoms with van der Waals surface area (Å²) in [6, 6.07) is 18.0. The van der Waals surface area contributed by atoms with E-state index < -0.39 is 0 Å². The lowest BCUT2D eigenvalue weighted by molar-refractivity contribution is 0.416. The number of methoxy groups -OCH3 is 1. The van der Waals surface area contributed by atoms with E-state index in [4.69, 9.17) is 22.1 Å². The van der Waals surface area contributed by atoms with E-state index in [1.807, 2.05) is 60.3 Å². The van der Waals surface area contributed by atoms with Crippen molar-refractivity contribution >= 4 is 23.5 Å². The highest BCUT2D eigenvalue weighted by Gasteiger charge is 2.14. The number of aromatic nitrogens is 2. The van der Waals surface area contributed by atoms with E-state index in [2.05, 4.69) is 28.0 Å². The maximum atomic E-state index is 5.52. The Labute approximate surface area is 170 Å². The molecule has 2 aromatic carbocycles. The van der Waals surface area contributed by atoms with E-state index in [0.29, 0.717) is 11.7 Å². The largest absolute Gasteiger partial charge is 0.496 e. The molecule has 0 aliphatic rings. The number of rotatable bonds is 7. The Morgan fingerprint density at radius 2 is 1.93 bits per heavy atom. The number of nitrogens with zero attached hydrogens (tertiary/aromatic N) is 3. The maximum Gasteiger partial charge on any atom is 0.186 e. The smallest absolute Gasteiger partial charge is 0.186 e. The Hall–Kier alpha value is -3.19. The Balaban J connectivity index is 1.93. The molecule has 3 aromatic rings. The topological polar surface area (TPSA) is 63.5 Å². The average Bonchev–Trinajstić information content (AvgIpc) is 3.11. The summed E-state index contributed by atoms with van der Waals surface area (Å²) >= 11 is 5.15. The van der Waals surface area contributed by atoms with Crippen LogP contribution >= 0.6 is 12.2 Å². The van der Waals surface area contributed by atoms with Crippen LogP contribution in [-0.2, 0) is 6.54 Å². The lowest BCUT2D eigenvalue weighted by Crippen LogP contribution is -2.31. The minimum absolute atomic E-state index is 0.481. The van der Waals surface area contributed by atoms with Crippen molar-refractivity contribution in [3.05, 3.63) is 71.9 Å². The molecule has 0 amide bonds. The molecule has 0 bridgehead atoms. The molecule has 0 atom stereocenters. The number of ether oxygens (including phenoxy) is 1. The molecule has 1 heterocycles. The Morgan fingerprint density at radius 3 is 2.68 bits per heavy atom. The summed E-state index contributed by atoms with van der Waals surface area (Å²) in [5, 5.41) is 12.5. The fraction of sp³-hybridized carbons (Fsp3) is 0.190. The molecule has 7 heteroatoms. The molecule has 0 saturated heterocycles. The molecule has 3 rings (SSSR count). The number of para-hydroxylation sites is 1. The fourth-order valence-corrected chi connectivity index (χ4v) is 2.99. The first kappa shape index (κ1) is 19.6. The van der Waals surface area contributed by atoms with Crippen molar-refractivity contribution < 1.29 is 4.74 Å². The van der Waals surface area contributed by atoms with E-state index in [0.717, 1.165) is 29.1 Å². The molecule has 2 N–H and O–H groups in total. The molecule has 0 aliphatic carbocycles. The van der Waals surface area contributed by atoms with Crippen LogP contribution in [0.15, 0.2) is 65.9 Å². The van der Waals surface area contributed by atoms with Crippen LogP contribution in [0.25, 0.3) is 11.3 Å². The summed E-state index contributed by atoms with van der Waals surface area (Å²) in [4.78, 5) is 0. The van der Waals surface area contributed by atoms with Crippen molar-refractivity contribution in [1.82, 2.24) is 20.5 Å². The second-order valence-electron chi connectivity index (χ2n) is 6.05. The van der Waals surface area contributed by atoms with E-state index in [1.165, 1.54) is 5.56 Å². The molecule has 0 unspecified atom stereocenters. The minimum atomic E-state index is 0.481. The van der Waals surface area contributed by atoms with E-state index in [-0.39, 0.29) is 0 Å². The van der Waals surface area contributed by atoms with Crippen molar-refractivity contribution in [2.24, 2.45) is 5.10 Å². The van der Waals surface area contributed by atoms with Gasteiger partial charge in [0.15, 0.2) is 5.11 Å². The Bertz CT molecular complexity index is 952. The Morgan fingerprint density at radius 1 is 1.18 bits per heavy atom. The van der Waals surface area contributed by atoms with Crippen LogP contribution in [0, 0.1) is 0 Å². The number of hydrazone groups is 1.